The zero-order chi connectivity index (χ0) is 14.7. The molecule has 0 unspecified atom stereocenters. The van der Waals surface area contributed by atoms with Crippen molar-refractivity contribution < 1.29 is 4.79 Å². The van der Waals surface area contributed by atoms with Crippen LogP contribution in [0.5, 0.6) is 0 Å². The molecule has 1 atom stereocenters. The van der Waals surface area contributed by atoms with Gasteiger partial charge in [-0.2, -0.15) is 0 Å². The van der Waals surface area contributed by atoms with Gasteiger partial charge in [-0.25, -0.2) is 4.98 Å². The van der Waals surface area contributed by atoms with Gasteiger partial charge in [0.2, 0.25) is 0 Å². The lowest BCUT2D eigenvalue weighted by molar-refractivity contribution is 0.0706. The maximum atomic E-state index is 12.5. The van der Waals surface area contributed by atoms with E-state index in [0.29, 0.717) is 23.2 Å². The van der Waals surface area contributed by atoms with Crippen molar-refractivity contribution in [3.63, 3.8) is 0 Å². The Labute approximate surface area is 128 Å². The first kappa shape index (κ1) is 14.0. The number of carbonyl (C=O) groups excluding carboxylic acids is 1. The van der Waals surface area contributed by atoms with Crippen molar-refractivity contribution in [1.82, 2.24) is 14.9 Å². The van der Waals surface area contributed by atoms with E-state index >= 15 is 0 Å². The Hall–Kier alpha value is -1.94. The van der Waals surface area contributed by atoms with Gasteiger partial charge in [-0.3, -0.25) is 9.78 Å². The molecule has 0 spiro atoms. The van der Waals surface area contributed by atoms with Gasteiger partial charge in [0, 0.05) is 42.7 Å². The van der Waals surface area contributed by atoms with Crippen LogP contribution in [0.15, 0.2) is 42.7 Å². The third-order valence-electron chi connectivity index (χ3n) is 3.79. The normalized spacial score (nSPS) is 18.5. The second kappa shape index (κ2) is 6.22. The van der Waals surface area contributed by atoms with Crippen LogP contribution in [0.4, 0.5) is 0 Å². The average molecular weight is 302 g/mol. The molecular formula is C16H16ClN3O. The van der Waals surface area contributed by atoms with Crippen molar-refractivity contribution in [2.75, 3.05) is 13.1 Å². The van der Waals surface area contributed by atoms with E-state index in [2.05, 4.69) is 9.97 Å². The zero-order valence-electron chi connectivity index (χ0n) is 11.6. The van der Waals surface area contributed by atoms with Crippen LogP contribution in [-0.2, 0) is 0 Å². The number of amides is 1. The Bertz CT molecular complexity index is 632. The largest absolute Gasteiger partial charge is 0.338 e. The minimum absolute atomic E-state index is 0.0138. The molecule has 0 aliphatic carbocycles. The van der Waals surface area contributed by atoms with Crippen LogP contribution in [0, 0.1) is 0 Å². The first-order chi connectivity index (χ1) is 10.2. The summed E-state index contributed by atoms with van der Waals surface area (Å²) in [6.07, 6.45) is 5.43. The number of hydrogen-bond acceptors (Lipinski definition) is 3. The molecule has 1 saturated heterocycles. The minimum Gasteiger partial charge on any atom is -0.338 e. The Morgan fingerprint density at radius 3 is 2.90 bits per heavy atom. The molecule has 0 saturated carbocycles. The smallest absolute Gasteiger partial charge is 0.254 e. The third-order valence-corrected chi connectivity index (χ3v) is 3.99. The van der Waals surface area contributed by atoms with E-state index in [1.54, 1.807) is 24.5 Å². The van der Waals surface area contributed by atoms with Gasteiger partial charge in [0.1, 0.15) is 5.15 Å². The van der Waals surface area contributed by atoms with Crippen LogP contribution in [0.3, 0.4) is 0 Å². The van der Waals surface area contributed by atoms with Crippen LogP contribution in [0.25, 0.3) is 0 Å². The van der Waals surface area contributed by atoms with Gasteiger partial charge in [-0.05, 0) is 37.1 Å². The number of carbonyl (C=O) groups is 1. The highest BCUT2D eigenvalue weighted by atomic mass is 35.5. The average Bonchev–Trinajstić information content (AvgIpc) is 2.55. The van der Waals surface area contributed by atoms with Gasteiger partial charge in [0.05, 0.1) is 0 Å². The highest BCUT2D eigenvalue weighted by molar-refractivity contribution is 6.29. The summed E-state index contributed by atoms with van der Waals surface area (Å²) in [6.45, 7) is 1.48. The monoisotopic (exact) mass is 301 g/mol. The minimum atomic E-state index is 0.0138. The van der Waals surface area contributed by atoms with Gasteiger partial charge in [-0.1, -0.05) is 17.7 Å². The SMILES string of the molecule is O=C(c1ccnc(Cl)c1)N1CCC[C@@H](c2ccccn2)C1. The van der Waals surface area contributed by atoms with Gasteiger partial charge < -0.3 is 4.90 Å². The standard InChI is InChI=1S/C16H16ClN3O/c17-15-10-12(6-8-19-15)16(21)20-9-3-4-13(11-20)14-5-1-2-7-18-14/h1-2,5-8,10,13H,3-4,9,11H2/t13-/m1/s1. The Kier molecular flexibility index (Phi) is 4.15. The van der Waals surface area contributed by atoms with Crippen molar-refractivity contribution in [3.8, 4) is 0 Å². The van der Waals surface area contributed by atoms with Crippen LogP contribution in [-0.4, -0.2) is 33.9 Å². The van der Waals surface area contributed by atoms with Crippen molar-refractivity contribution in [2.45, 2.75) is 18.8 Å². The lowest BCUT2D eigenvalue weighted by atomic mass is 9.94. The summed E-state index contributed by atoms with van der Waals surface area (Å²) in [7, 11) is 0. The molecule has 1 fully saturated rings. The highest BCUT2D eigenvalue weighted by Crippen LogP contribution is 2.26. The van der Waals surface area contributed by atoms with Gasteiger partial charge in [-0.15, -0.1) is 0 Å². The van der Waals surface area contributed by atoms with Crippen LogP contribution < -0.4 is 0 Å². The first-order valence-corrected chi connectivity index (χ1v) is 7.43. The van der Waals surface area contributed by atoms with Crippen molar-refractivity contribution in [2.24, 2.45) is 0 Å². The molecule has 5 heteroatoms. The number of likely N-dealkylation sites (tertiary alicyclic amines) is 1. The molecule has 0 N–H and O–H groups in total. The Morgan fingerprint density at radius 1 is 1.24 bits per heavy atom. The molecule has 4 nitrogen and oxygen atoms in total. The highest BCUT2D eigenvalue weighted by Gasteiger charge is 2.26. The molecule has 1 aliphatic rings. The predicted octanol–water partition coefficient (Wildman–Crippen LogP) is 3.15. The molecule has 1 amide bonds. The summed E-state index contributed by atoms with van der Waals surface area (Å²) >= 11 is 5.86. The Balaban J connectivity index is 1.75. The van der Waals surface area contributed by atoms with E-state index in [9.17, 15) is 4.79 Å². The molecular weight excluding hydrogens is 286 g/mol. The number of piperidine rings is 1. The number of aromatic nitrogens is 2. The van der Waals surface area contributed by atoms with Crippen LogP contribution >= 0.6 is 11.6 Å². The van der Waals surface area contributed by atoms with Gasteiger partial charge >= 0.3 is 0 Å². The van der Waals surface area contributed by atoms with E-state index in [-0.39, 0.29) is 5.91 Å². The molecule has 108 valence electrons. The van der Waals surface area contributed by atoms with Crippen molar-refractivity contribution in [3.05, 3.63) is 59.1 Å². The Morgan fingerprint density at radius 2 is 2.14 bits per heavy atom. The lowest BCUT2D eigenvalue weighted by Gasteiger charge is -2.32. The zero-order valence-corrected chi connectivity index (χ0v) is 12.3. The van der Waals surface area contributed by atoms with Gasteiger partial charge in [0.25, 0.3) is 5.91 Å². The van der Waals surface area contributed by atoms with Crippen molar-refractivity contribution >= 4 is 17.5 Å². The quantitative estimate of drug-likeness (QED) is 0.801. The maximum absolute atomic E-state index is 12.5. The first-order valence-electron chi connectivity index (χ1n) is 7.06. The van der Waals surface area contributed by atoms with Crippen LogP contribution in [0.2, 0.25) is 5.15 Å². The summed E-state index contributed by atoms with van der Waals surface area (Å²) in [6, 6.07) is 9.26. The number of hydrogen-bond donors (Lipinski definition) is 0. The molecule has 0 radical (unpaired) electrons. The number of nitrogens with zero attached hydrogens (tertiary/aromatic N) is 3. The van der Waals surface area contributed by atoms with Crippen molar-refractivity contribution in [1.29, 1.82) is 0 Å². The molecule has 0 aromatic carbocycles. The molecule has 0 bridgehead atoms. The fourth-order valence-corrected chi connectivity index (χ4v) is 2.91. The number of halogens is 1. The fourth-order valence-electron chi connectivity index (χ4n) is 2.74. The number of rotatable bonds is 2. The maximum Gasteiger partial charge on any atom is 0.254 e. The van der Waals surface area contributed by atoms with E-state index in [1.165, 1.54) is 0 Å². The predicted molar refractivity (Wildman–Crippen MR) is 81.4 cm³/mol. The summed E-state index contributed by atoms with van der Waals surface area (Å²) in [5.41, 5.74) is 1.65. The molecule has 3 rings (SSSR count). The van der Waals surface area contributed by atoms with E-state index in [0.717, 1.165) is 25.1 Å². The summed E-state index contributed by atoms with van der Waals surface area (Å²) in [5, 5.41) is 0.346. The fraction of sp³-hybridized carbons (Fsp3) is 0.312. The second-order valence-electron chi connectivity index (χ2n) is 5.21. The molecule has 1 aliphatic heterocycles. The summed E-state index contributed by atoms with van der Waals surface area (Å²) in [4.78, 5) is 22.8. The summed E-state index contributed by atoms with van der Waals surface area (Å²) in [5.74, 6) is 0.321. The molecule has 21 heavy (non-hydrogen) atoms. The second-order valence-corrected chi connectivity index (χ2v) is 5.60. The molecule has 2 aromatic heterocycles. The molecule has 2 aromatic rings. The third kappa shape index (κ3) is 3.22. The van der Waals surface area contributed by atoms with E-state index in [4.69, 9.17) is 11.6 Å². The topological polar surface area (TPSA) is 46.1 Å². The summed E-state index contributed by atoms with van der Waals surface area (Å²) < 4.78 is 0. The number of pyridine rings is 2. The lowest BCUT2D eigenvalue weighted by Crippen LogP contribution is -2.39. The van der Waals surface area contributed by atoms with Gasteiger partial charge in [0.15, 0.2) is 0 Å². The van der Waals surface area contributed by atoms with E-state index in [1.807, 2.05) is 23.1 Å². The molecule has 3 heterocycles. The van der Waals surface area contributed by atoms with Crippen LogP contribution in [0.1, 0.15) is 34.8 Å². The van der Waals surface area contributed by atoms with E-state index < -0.39 is 0 Å².